The summed E-state index contributed by atoms with van der Waals surface area (Å²) >= 11 is 0. The lowest BCUT2D eigenvalue weighted by molar-refractivity contribution is 0.730. The third-order valence-corrected chi connectivity index (χ3v) is 4.54. The first-order valence-corrected chi connectivity index (χ1v) is 7.00. The van der Waals surface area contributed by atoms with E-state index in [1.54, 1.807) is 33.4 Å². The standard InChI is InChI=1S/C17H18/c1-2-10-15-13-8-3-4-9-14(13)16-11-5-7-12(6-1)17(15)16/h5,7,10-11H,1-4,6,8-9H2. The molecule has 0 amide bonds. The molecule has 0 aliphatic heterocycles. The smallest absolute Gasteiger partial charge is 0.00768 e. The molecule has 17 heavy (non-hydrogen) atoms. The molecule has 3 aliphatic carbocycles. The van der Waals surface area contributed by atoms with Crippen LogP contribution in [0.25, 0.3) is 11.1 Å². The van der Waals surface area contributed by atoms with Crippen LogP contribution in [-0.4, -0.2) is 0 Å². The first-order chi connectivity index (χ1) is 8.45. The summed E-state index contributed by atoms with van der Waals surface area (Å²) in [5.74, 6) is 0. The van der Waals surface area contributed by atoms with Crippen molar-refractivity contribution in [3.63, 3.8) is 0 Å². The average molecular weight is 222 g/mol. The summed E-state index contributed by atoms with van der Waals surface area (Å²) in [6.07, 6.45) is 11.8. The summed E-state index contributed by atoms with van der Waals surface area (Å²) in [5, 5.41) is 0. The molecule has 86 valence electrons. The van der Waals surface area contributed by atoms with Crippen LogP contribution in [0.1, 0.15) is 55.2 Å². The minimum atomic E-state index is 1.26. The van der Waals surface area contributed by atoms with Crippen molar-refractivity contribution in [1.29, 1.82) is 0 Å². The zero-order valence-corrected chi connectivity index (χ0v) is 10.3. The predicted octanol–water partition coefficient (Wildman–Crippen LogP) is 4.75. The summed E-state index contributed by atoms with van der Waals surface area (Å²) in [6.45, 7) is 0. The van der Waals surface area contributed by atoms with Gasteiger partial charge in [-0.15, -0.1) is 0 Å². The van der Waals surface area contributed by atoms with Crippen molar-refractivity contribution >= 4 is 11.1 Å². The van der Waals surface area contributed by atoms with Crippen LogP contribution in [-0.2, 0) is 6.42 Å². The Kier molecular flexibility index (Phi) is 2.05. The summed E-state index contributed by atoms with van der Waals surface area (Å²) in [7, 11) is 0. The van der Waals surface area contributed by atoms with Crippen molar-refractivity contribution in [2.24, 2.45) is 0 Å². The van der Waals surface area contributed by atoms with Crippen LogP contribution < -0.4 is 0 Å². The molecule has 0 unspecified atom stereocenters. The van der Waals surface area contributed by atoms with Crippen molar-refractivity contribution in [2.45, 2.75) is 44.9 Å². The van der Waals surface area contributed by atoms with Crippen LogP contribution >= 0.6 is 0 Å². The molecule has 0 N–H and O–H groups in total. The van der Waals surface area contributed by atoms with Gasteiger partial charge in [0, 0.05) is 0 Å². The Labute approximate surface area is 103 Å². The van der Waals surface area contributed by atoms with Gasteiger partial charge in [0.1, 0.15) is 0 Å². The highest BCUT2D eigenvalue weighted by molar-refractivity contribution is 6.01. The molecule has 0 bridgehead atoms. The van der Waals surface area contributed by atoms with Gasteiger partial charge in [-0.25, -0.2) is 0 Å². The Morgan fingerprint density at radius 1 is 0.824 bits per heavy atom. The Morgan fingerprint density at radius 3 is 2.65 bits per heavy atom. The fourth-order valence-electron chi connectivity index (χ4n) is 3.79. The van der Waals surface area contributed by atoms with Crippen LogP contribution in [0.2, 0.25) is 0 Å². The fourth-order valence-corrected chi connectivity index (χ4v) is 3.79. The second kappa shape index (κ2) is 3.60. The lowest BCUT2D eigenvalue weighted by Crippen LogP contribution is -1.94. The van der Waals surface area contributed by atoms with Gasteiger partial charge in [-0.1, -0.05) is 24.3 Å². The molecule has 1 aromatic carbocycles. The number of benzene rings is 1. The van der Waals surface area contributed by atoms with E-state index in [0.29, 0.717) is 0 Å². The van der Waals surface area contributed by atoms with Crippen molar-refractivity contribution in [2.75, 3.05) is 0 Å². The van der Waals surface area contributed by atoms with Crippen LogP contribution in [0.3, 0.4) is 0 Å². The zero-order chi connectivity index (χ0) is 11.2. The largest absolute Gasteiger partial charge is 0.0763 e. The van der Waals surface area contributed by atoms with E-state index in [4.69, 9.17) is 0 Å². The first-order valence-electron chi connectivity index (χ1n) is 7.00. The number of aryl methyl sites for hydroxylation is 1. The van der Waals surface area contributed by atoms with Gasteiger partial charge in [0.15, 0.2) is 0 Å². The second-order valence-electron chi connectivity index (χ2n) is 5.51. The van der Waals surface area contributed by atoms with Crippen LogP contribution in [0, 0.1) is 0 Å². The Bertz CT molecular complexity index is 543. The minimum absolute atomic E-state index is 1.26. The van der Waals surface area contributed by atoms with Gasteiger partial charge in [-0.3, -0.25) is 0 Å². The molecule has 1 aromatic rings. The SMILES string of the molecule is C1=C2C3=C(CCCC3)c3cccc(c32)CCC1. The maximum Gasteiger partial charge on any atom is -0.00768 e. The van der Waals surface area contributed by atoms with E-state index < -0.39 is 0 Å². The van der Waals surface area contributed by atoms with E-state index in [1.807, 2.05) is 0 Å². The second-order valence-corrected chi connectivity index (χ2v) is 5.51. The van der Waals surface area contributed by atoms with Gasteiger partial charge in [0.05, 0.1) is 0 Å². The zero-order valence-electron chi connectivity index (χ0n) is 10.3. The van der Waals surface area contributed by atoms with Gasteiger partial charge in [-0.2, -0.15) is 0 Å². The van der Waals surface area contributed by atoms with E-state index >= 15 is 0 Å². The molecule has 0 nitrogen and oxygen atoms in total. The van der Waals surface area contributed by atoms with Crippen molar-refractivity contribution in [3.05, 3.63) is 46.5 Å². The third-order valence-electron chi connectivity index (χ3n) is 4.54. The molecular weight excluding hydrogens is 204 g/mol. The molecule has 0 spiro atoms. The lowest BCUT2D eigenvalue weighted by atomic mass is 9.90. The van der Waals surface area contributed by atoms with Gasteiger partial charge in [0.2, 0.25) is 0 Å². The average Bonchev–Trinajstić information content (AvgIpc) is 2.56. The first kappa shape index (κ1) is 9.70. The number of fused-ring (bicyclic) bond motifs is 2. The van der Waals surface area contributed by atoms with Gasteiger partial charge in [-0.05, 0) is 78.4 Å². The molecule has 0 saturated carbocycles. The number of rotatable bonds is 0. The van der Waals surface area contributed by atoms with Gasteiger partial charge >= 0.3 is 0 Å². The van der Waals surface area contributed by atoms with E-state index in [1.165, 1.54) is 44.9 Å². The molecule has 0 aromatic heterocycles. The maximum atomic E-state index is 2.52. The highest BCUT2D eigenvalue weighted by Crippen LogP contribution is 2.50. The Hall–Kier alpha value is -1.30. The molecule has 3 aliphatic rings. The highest BCUT2D eigenvalue weighted by atomic mass is 14.3. The molecule has 0 radical (unpaired) electrons. The van der Waals surface area contributed by atoms with E-state index in [0.717, 1.165) is 0 Å². The van der Waals surface area contributed by atoms with Crippen molar-refractivity contribution in [1.82, 2.24) is 0 Å². The van der Waals surface area contributed by atoms with E-state index in [9.17, 15) is 0 Å². The third kappa shape index (κ3) is 1.30. The predicted molar refractivity (Wildman–Crippen MR) is 72.7 cm³/mol. The molecule has 0 fully saturated rings. The van der Waals surface area contributed by atoms with E-state index in [2.05, 4.69) is 24.3 Å². The minimum Gasteiger partial charge on any atom is -0.0763 e. The monoisotopic (exact) mass is 222 g/mol. The van der Waals surface area contributed by atoms with Crippen LogP contribution in [0.15, 0.2) is 29.8 Å². The molecular formula is C17H18. The summed E-state index contributed by atoms with van der Waals surface area (Å²) in [5.41, 5.74) is 9.77. The highest BCUT2D eigenvalue weighted by Gasteiger charge is 2.29. The molecule has 0 heteroatoms. The van der Waals surface area contributed by atoms with Gasteiger partial charge < -0.3 is 0 Å². The summed E-state index contributed by atoms with van der Waals surface area (Å²) in [6, 6.07) is 6.96. The summed E-state index contributed by atoms with van der Waals surface area (Å²) in [4.78, 5) is 0. The van der Waals surface area contributed by atoms with Crippen LogP contribution in [0.4, 0.5) is 0 Å². The maximum absolute atomic E-state index is 2.52. The Balaban J connectivity index is 2.02. The Morgan fingerprint density at radius 2 is 1.71 bits per heavy atom. The molecule has 4 rings (SSSR count). The number of hydrogen-bond donors (Lipinski definition) is 0. The molecule has 0 saturated heterocycles. The lowest BCUT2D eigenvalue weighted by Gasteiger charge is -2.14. The topological polar surface area (TPSA) is 0 Å². The number of allylic oxidation sites excluding steroid dienone is 4. The normalized spacial score (nSPS) is 21.8. The van der Waals surface area contributed by atoms with E-state index in [-0.39, 0.29) is 0 Å². The number of hydrogen-bond acceptors (Lipinski definition) is 0. The van der Waals surface area contributed by atoms with Crippen LogP contribution in [0.5, 0.6) is 0 Å². The van der Waals surface area contributed by atoms with Crippen molar-refractivity contribution in [3.8, 4) is 0 Å². The van der Waals surface area contributed by atoms with Gasteiger partial charge in [0.25, 0.3) is 0 Å². The molecule has 0 atom stereocenters. The summed E-state index contributed by atoms with van der Waals surface area (Å²) < 4.78 is 0. The quantitative estimate of drug-likeness (QED) is 0.594. The van der Waals surface area contributed by atoms with Crippen molar-refractivity contribution < 1.29 is 0 Å². The fraction of sp³-hybridized carbons (Fsp3) is 0.412. The molecule has 0 heterocycles.